The Kier molecular flexibility index (Phi) is 4.71. The predicted molar refractivity (Wildman–Crippen MR) is 76.8 cm³/mol. The van der Waals surface area contributed by atoms with Crippen molar-refractivity contribution in [1.82, 2.24) is 4.90 Å². The molecule has 21 heavy (non-hydrogen) atoms. The molecule has 8 nitrogen and oxygen atoms in total. The summed E-state index contributed by atoms with van der Waals surface area (Å²) in [6.07, 6.45) is 1.45. The minimum Gasteiger partial charge on any atom is -0.381 e. The van der Waals surface area contributed by atoms with Gasteiger partial charge in [0, 0.05) is 26.3 Å². The molecule has 1 amide bonds. The van der Waals surface area contributed by atoms with Gasteiger partial charge in [-0.1, -0.05) is 6.07 Å². The summed E-state index contributed by atoms with van der Waals surface area (Å²) >= 11 is 0. The summed E-state index contributed by atoms with van der Waals surface area (Å²) in [7, 11) is 1.66. The van der Waals surface area contributed by atoms with Gasteiger partial charge in [0.25, 0.3) is 5.91 Å². The molecule has 0 saturated carbocycles. The van der Waals surface area contributed by atoms with Gasteiger partial charge < -0.3 is 15.1 Å². The monoisotopic (exact) mass is 294 g/mol. The number of carbonyl (C=O) groups excluding carboxylic acids is 1. The Hall–Kier alpha value is -2.19. The van der Waals surface area contributed by atoms with Crippen LogP contribution < -0.4 is 11.3 Å². The fourth-order valence-corrected chi connectivity index (χ4v) is 2.46. The number of rotatable bonds is 4. The van der Waals surface area contributed by atoms with Gasteiger partial charge in [0.1, 0.15) is 11.3 Å². The molecule has 1 aromatic rings. The van der Waals surface area contributed by atoms with Crippen molar-refractivity contribution in [3.63, 3.8) is 0 Å². The fourth-order valence-electron chi connectivity index (χ4n) is 2.46. The van der Waals surface area contributed by atoms with E-state index in [9.17, 15) is 14.9 Å². The van der Waals surface area contributed by atoms with Crippen molar-refractivity contribution in [3.8, 4) is 0 Å². The number of anilines is 1. The number of para-hydroxylation sites is 1. The normalized spacial score (nSPS) is 15.5. The number of amides is 1. The van der Waals surface area contributed by atoms with Crippen LogP contribution in [0.2, 0.25) is 0 Å². The van der Waals surface area contributed by atoms with Gasteiger partial charge in [-0.2, -0.15) is 0 Å². The lowest BCUT2D eigenvalue weighted by Gasteiger charge is -2.31. The van der Waals surface area contributed by atoms with Crippen molar-refractivity contribution in [3.05, 3.63) is 33.9 Å². The number of nitro groups is 1. The number of nitro benzene ring substituents is 1. The Bertz CT molecular complexity index is 543. The largest absolute Gasteiger partial charge is 0.381 e. The maximum absolute atomic E-state index is 12.5. The van der Waals surface area contributed by atoms with Crippen LogP contribution in [0.1, 0.15) is 23.2 Å². The van der Waals surface area contributed by atoms with E-state index in [1.807, 2.05) is 0 Å². The number of carbonyl (C=O) groups is 1. The number of benzene rings is 1. The molecule has 1 fully saturated rings. The second-order valence-electron chi connectivity index (χ2n) is 4.86. The topological polar surface area (TPSA) is 111 Å². The summed E-state index contributed by atoms with van der Waals surface area (Å²) in [5.41, 5.74) is 2.11. The molecule has 8 heteroatoms. The van der Waals surface area contributed by atoms with Crippen LogP contribution in [-0.4, -0.2) is 42.0 Å². The van der Waals surface area contributed by atoms with Gasteiger partial charge in [-0.25, -0.2) is 0 Å². The number of nitrogens with one attached hydrogen (secondary N) is 1. The van der Waals surface area contributed by atoms with Crippen molar-refractivity contribution in [1.29, 1.82) is 0 Å². The van der Waals surface area contributed by atoms with Gasteiger partial charge in [-0.05, 0) is 25.0 Å². The van der Waals surface area contributed by atoms with Crippen LogP contribution in [0.15, 0.2) is 18.2 Å². The first-order valence-electron chi connectivity index (χ1n) is 6.65. The van der Waals surface area contributed by atoms with E-state index in [4.69, 9.17) is 10.6 Å². The third-order valence-corrected chi connectivity index (χ3v) is 3.66. The molecule has 0 unspecified atom stereocenters. The van der Waals surface area contributed by atoms with Gasteiger partial charge in [0.15, 0.2) is 0 Å². The number of nitrogens with two attached hydrogens (primary N) is 1. The molecular weight excluding hydrogens is 276 g/mol. The van der Waals surface area contributed by atoms with Crippen molar-refractivity contribution in [2.75, 3.05) is 25.7 Å². The van der Waals surface area contributed by atoms with Crippen LogP contribution in [0.4, 0.5) is 11.4 Å². The molecule has 0 aromatic heterocycles. The SMILES string of the molecule is CN(C(=O)c1cccc(NN)c1[N+](=O)[O-])C1CCOCC1. The molecular formula is C13H18N4O4. The van der Waals surface area contributed by atoms with E-state index >= 15 is 0 Å². The minimum atomic E-state index is -0.597. The molecule has 0 radical (unpaired) electrons. The Balaban J connectivity index is 2.32. The Morgan fingerprint density at radius 1 is 1.48 bits per heavy atom. The average Bonchev–Trinajstić information content (AvgIpc) is 2.53. The highest BCUT2D eigenvalue weighted by Crippen LogP contribution is 2.29. The average molecular weight is 294 g/mol. The second kappa shape index (κ2) is 6.51. The van der Waals surface area contributed by atoms with Gasteiger partial charge in [0.2, 0.25) is 0 Å². The number of hydrazine groups is 1. The molecule has 1 aromatic carbocycles. The van der Waals surface area contributed by atoms with Gasteiger partial charge in [-0.3, -0.25) is 20.8 Å². The molecule has 1 heterocycles. The molecule has 114 valence electrons. The van der Waals surface area contributed by atoms with Crippen molar-refractivity contribution < 1.29 is 14.5 Å². The third-order valence-electron chi connectivity index (χ3n) is 3.66. The highest BCUT2D eigenvalue weighted by atomic mass is 16.6. The molecule has 0 spiro atoms. The summed E-state index contributed by atoms with van der Waals surface area (Å²) < 4.78 is 5.26. The first-order chi connectivity index (χ1) is 10.1. The first-order valence-corrected chi connectivity index (χ1v) is 6.65. The molecule has 0 atom stereocenters. The van der Waals surface area contributed by atoms with Gasteiger partial charge in [0.05, 0.1) is 4.92 Å². The number of hydrogen-bond donors (Lipinski definition) is 2. The number of nitrogen functional groups attached to an aromatic ring is 1. The molecule has 1 aliphatic rings. The zero-order valence-corrected chi connectivity index (χ0v) is 11.7. The van der Waals surface area contributed by atoms with E-state index in [-0.39, 0.29) is 28.9 Å². The molecule has 0 bridgehead atoms. The second-order valence-corrected chi connectivity index (χ2v) is 4.86. The maximum Gasteiger partial charge on any atom is 0.306 e. The highest BCUT2D eigenvalue weighted by Gasteiger charge is 2.30. The molecule has 2 rings (SSSR count). The van der Waals surface area contributed by atoms with Crippen molar-refractivity contribution in [2.45, 2.75) is 18.9 Å². The maximum atomic E-state index is 12.5. The van der Waals surface area contributed by atoms with E-state index in [1.54, 1.807) is 18.0 Å². The highest BCUT2D eigenvalue weighted by molar-refractivity contribution is 6.00. The number of nitrogens with zero attached hydrogens (tertiary/aromatic N) is 2. The van der Waals surface area contributed by atoms with Crippen LogP contribution in [0.5, 0.6) is 0 Å². The van der Waals surface area contributed by atoms with Gasteiger partial charge >= 0.3 is 5.69 Å². The van der Waals surface area contributed by atoms with Crippen LogP contribution in [0.25, 0.3) is 0 Å². The summed E-state index contributed by atoms with van der Waals surface area (Å²) in [6, 6.07) is 4.49. The standard InChI is InChI=1S/C13H18N4O4/c1-16(9-5-7-21-8-6-9)13(18)10-3-2-4-11(15-14)12(10)17(19)20/h2-4,9,15H,5-8,14H2,1H3. The fraction of sp³-hybridized carbons (Fsp3) is 0.462. The zero-order chi connectivity index (χ0) is 15.4. The lowest BCUT2D eigenvalue weighted by molar-refractivity contribution is -0.384. The predicted octanol–water partition coefficient (Wildman–Crippen LogP) is 1.13. The quantitative estimate of drug-likeness (QED) is 0.489. The summed E-state index contributed by atoms with van der Waals surface area (Å²) in [4.78, 5) is 24.7. The summed E-state index contributed by atoms with van der Waals surface area (Å²) in [5.74, 6) is 4.90. The number of hydrogen-bond acceptors (Lipinski definition) is 6. The molecule has 1 saturated heterocycles. The van der Waals surface area contributed by atoms with Crippen molar-refractivity contribution >= 4 is 17.3 Å². The zero-order valence-electron chi connectivity index (χ0n) is 11.7. The first kappa shape index (κ1) is 15.2. The Morgan fingerprint density at radius 3 is 2.71 bits per heavy atom. The number of ether oxygens (including phenoxy) is 1. The Morgan fingerprint density at radius 2 is 2.14 bits per heavy atom. The van der Waals surface area contributed by atoms with E-state index in [2.05, 4.69) is 5.43 Å². The van der Waals surface area contributed by atoms with E-state index in [0.717, 1.165) is 12.8 Å². The van der Waals surface area contributed by atoms with Crippen molar-refractivity contribution in [2.24, 2.45) is 5.84 Å². The summed E-state index contributed by atoms with van der Waals surface area (Å²) in [5, 5.41) is 11.2. The van der Waals surface area contributed by atoms with E-state index < -0.39 is 4.92 Å². The smallest absolute Gasteiger partial charge is 0.306 e. The molecule has 0 aliphatic carbocycles. The molecule has 3 N–H and O–H groups in total. The summed E-state index contributed by atoms with van der Waals surface area (Å²) in [6.45, 7) is 1.18. The van der Waals surface area contributed by atoms with Gasteiger partial charge in [-0.15, -0.1) is 0 Å². The van der Waals surface area contributed by atoms with Crippen LogP contribution in [-0.2, 0) is 4.74 Å². The van der Waals surface area contributed by atoms with Crippen LogP contribution in [0, 0.1) is 10.1 Å². The van der Waals surface area contributed by atoms with E-state index in [1.165, 1.54) is 12.1 Å². The minimum absolute atomic E-state index is 0.0281. The Labute approximate surface area is 122 Å². The lowest BCUT2D eigenvalue weighted by Crippen LogP contribution is -2.40. The molecule has 1 aliphatic heterocycles. The third kappa shape index (κ3) is 3.11. The van der Waals surface area contributed by atoms with E-state index in [0.29, 0.717) is 13.2 Å². The van der Waals surface area contributed by atoms with Crippen LogP contribution >= 0.6 is 0 Å². The van der Waals surface area contributed by atoms with Crippen LogP contribution in [0.3, 0.4) is 0 Å². The lowest BCUT2D eigenvalue weighted by atomic mass is 10.0.